The predicted octanol–water partition coefficient (Wildman–Crippen LogP) is 7.96. The minimum atomic E-state index is -0.234. The van der Waals surface area contributed by atoms with Crippen molar-refractivity contribution in [2.24, 2.45) is 0 Å². The number of thioether (sulfide) groups is 1. The van der Waals surface area contributed by atoms with Gasteiger partial charge < -0.3 is 8.75 Å². The van der Waals surface area contributed by atoms with Gasteiger partial charge in [0, 0.05) is 29.0 Å². The Bertz CT molecular complexity index is 986. The van der Waals surface area contributed by atoms with Gasteiger partial charge in [0.2, 0.25) is 0 Å². The lowest BCUT2D eigenvalue weighted by atomic mass is 10.1. The standard InChI is InChI=1S/C19H14Cl4N2O2S2/c20-13-2-3-14(16(22)8-13)18(9-25-6-5-24-11-25)28-19(26)29-27-10-12-1-4-15(21)17(23)7-12/h1-8,11,18H,9-10H2. The first-order chi connectivity index (χ1) is 13.9. The summed E-state index contributed by atoms with van der Waals surface area (Å²) in [6.07, 6.45) is 5.20. The molecule has 0 saturated carbocycles. The lowest BCUT2D eigenvalue weighted by Gasteiger charge is -2.18. The minimum Gasteiger partial charge on any atom is -0.336 e. The molecule has 0 radical (unpaired) electrons. The fourth-order valence-corrected chi connectivity index (χ4v) is 5.14. The van der Waals surface area contributed by atoms with E-state index in [1.54, 1.807) is 42.9 Å². The zero-order valence-corrected chi connectivity index (χ0v) is 19.4. The van der Waals surface area contributed by atoms with Crippen LogP contribution in [0.15, 0.2) is 55.1 Å². The van der Waals surface area contributed by atoms with Crippen molar-refractivity contribution in [1.82, 2.24) is 9.55 Å². The fourth-order valence-electron chi connectivity index (χ4n) is 2.46. The average Bonchev–Trinajstić information content (AvgIpc) is 3.17. The third kappa shape index (κ3) is 6.82. The topological polar surface area (TPSA) is 44.1 Å². The summed E-state index contributed by atoms with van der Waals surface area (Å²) >= 11 is 26.2. The molecule has 1 aromatic heterocycles. The van der Waals surface area contributed by atoms with Gasteiger partial charge in [0.05, 0.1) is 40.3 Å². The molecule has 4 nitrogen and oxygen atoms in total. The number of rotatable bonds is 7. The maximum atomic E-state index is 12.5. The summed E-state index contributed by atoms with van der Waals surface area (Å²) in [5.74, 6) is 0. The maximum absolute atomic E-state index is 12.5. The molecule has 0 spiro atoms. The highest BCUT2D eigenvalue weighted by Crippen LogP contribution is 2.39. The molecule has 0 fully saturated rings. The molecule has 2 aromatic carbocycles. The predicted molar refractivity (Wildman–Crippen MR) is 123 cm³/mol. The third-order valence-corrected chi connectivity index (χ3v) is 6.87. The van der Waals surface area contributed by atoms with Crippen LogP contribution in [-0.2, 0) is 17.3 Å². The van der Waals surface area contributed by atoms with Crippen molar-refractivity contribution in [3.05, 3.63) is 86.3 Å². The smallest absolute Gasteiger partial charge is 0.273 e. The normalized spacial score (nSPS) is 12.1. The molecule has 0 bridgehead atoms. The van der Waals surface area contributed by atoms with Crippen LogP contribution in [0, 0.1) is 0 Å². The van der Waals surface area contributed by atoms with Crippen LogP contribution < -0.4 is 0 Å². The monoisotopic (exact) mass is 506 g/mol. The molecule has 0 amide bonds. The molecule has 1 atom stereocenters. The van der Waals surface area contributed by atoms with E-state index in [0.717, 1.165) is 34.9 Å². The molecule has 10 heteroatoms. The molecule has 0 aliphatic carbocycles. The van der Waals surface area contributed by atoms with Gasteiger partial charge in [-0.2, -0.15) is 0 Å². The Hall–Kier alpha value is -0.860. The van der Waals surface area contributed by atoms with Crippen molar-refractivity contribution >= 4 is 74.7 Å². The highest BCUT2D eigenvalue weighted by atomic mass is 35.5. The second kappa shape index (κ2) is 11.0. The Morgan fingerprint density at radius 1 is 1.07 bits per heavy atom. The number of hydrogen-bond donors (Lipinski definition) is 0. The van der Waals surface area contributed by atoms with Crippen molar-refractivity contribution in [1.29, 1.82) is 0 Å². The highest BCUT2D eigenvalue weighted by Gasteiger charge is 2.21. The molecule has 1 heterocycles. The van der Waals surface area contributed by atoms with Gasteiger partial charge in [0.25, 0.3) is 4.45 Å². The van der Waals surface area contributed by atoms with Crippen LogP contribution in [0.2, 0.25) is 20.1 Å². The van der Waals surface area contributed by atoms with E-state index in [-0.39, 0.29) is 16.3 Å². The Kier molecular flexibility index (Phi) is 8.62. The van der Waals surface area contributed by atoms with Gasteiger partial charge in [-0.15, -0.1) is 0 Å². The van der Waals surface area contributed by atoms with Gasteiger partial charge >= 0.3 is 0 Å². The van der Waals surface area contributed by atoms with Gasteiger partial charge in [-0.3, -0.25) is 4.79 Å². The maximum Gasteiger partial charge on any atom is 0.273 e. The van der Waals surface area contributed by atoms with E-state index in [4.69, 9.17) is 50.6 Å². The van der Waals surface area contributed by atoms with Crippen molar-refractivity contribution < 1.29 is 8.98 Å². The fraction of sp³-hybridized carbons (Fsp3) is 0.158. The first-order valence-corrected chi connectivity index (χ1v) is 11.4. The van der Waals surface area contributed by atoms with E-state index >= 15 is 0 Å². The van der Waals surface area contributed by atoms with E-state index in [2.05, 4.69) is 4.98 Å². The molecule has 0 saturated heterocycles. The Morgan fingerprint density at radius 2 is 1.90 bits per heavy atom. The second-order valence-corrected chi connectivity index (χ2v) is 9.74. The zero-order chi connectivity index (χ0) is 20.8. The summed E-state index contributed by atoms with van der Waals surface area (Å²) in [7, 11) is 0. The number of imidazole rings is 1. The number of aromatic nitrogens is 2. The van der Waals surface area contributed by atoms with E-state index in [9.17, 15) is 4.79 Å². The van der Waals surface area contributed by atoms with Crippen LogP contribution >= 0.6 is 70.2 Å². The zero-order valence-electron chi connectivity index (χ0n) is 14.7. The van der Waals surface area contributed by atoms with E-state index in [0.29, 0.717) is 26.6 Å². The quantitative estimate of drug-likeness (QED) is 0.303. The van der Waals surface area contributed by atoms with Crippen molar-refractivity contribution in [2.75, 3.05) is 0 Å². The largest absolute Gasteiger partial charge is 0.336 e. The summed E-state index contributed by atoms with van der Waals surface area (Å²) in [5, 5.41) is 1.72. The summed E-state index contributed by atoms with van der Waals surface area (Å²) in [6, 6.07) is 10.4. The molecule has 3 rings (SSSR count). The number of carbonyl (C=O) groups is 1. The number of carbonyl (C=O) groups excluding carboxylic acids is 1. The summed E-state index contributed by atoms with van der Waals surface area (Å²) in [6.45, 7) is 0.743. The van der Waals surface area contributed by atoms with Crippen LogP contribution in [0.3, 0.4) is 0 Å². The van der Waals surface area contributed by atoms with Crippen LogP contribution in [-0.4, -0.2) is 14.0 Å². The van der Waals surface area contributed by atoms with Gasteiger partial charge in [-0.1, -0.05) is 70.3 Å². The highest BCUT2D eigenvalue weighted by molar-refractivity contribution is 8.36. The first kappa shape index (κ1) is 22.8. The van der Waals surface area contributed by atoms with Crippen LogP contribution in [0.5, 0.6) is 0 Å². The van der Waals surface area contributed by atoms with E-state index < -0.39 is 0 Å². The molecule has 0 aliphatic rings. The van der Waals surface area contributed by atoms with Crippen LogP contribution in [0.25, 0.3) is 0 Å². The molecule has 152 valence electrons. The van der Waals surface area contributed by atoms with Gasteiger partial charge in [-0.05, 0) is 35.4 Å². The summed E-state index contributed by atoms with van der Waals surface area (Å²) in [4.78, 5) is 16.6. The summed E-state index contributed by atoms with van der Waals surface area (Å²) < 4.78 is 7.16. The average molecular weight is 508 g/mol. The van der Waals surface area contributed by atoms with Crippen LogP contribution in [0.4, 0.5) is 4.79 Å². The van der Waals surface area contributed by atoms with E-state index in [1.165, 1.54) is 0 Å². The number of benzene rings is 2. The lowest BCUT2D eigenvalue weighted by Crippen LogP contribution is -2.07. The van der Waals surface area contributed by atoms with Crippen molar-refractivity contribution in [2.45, 2.75) is 18.4 Å². The van der Waals surface area contributed by atoms with Gasteiger partial charge in [0.15, 0.2) is 0 Å². The number of halogens is 4. The first-order valence-electron chi connectivity index (χ1n) is 8.27. The van der Waals surface area contributed by atoms with Crippen molar-refractivity contribution in [3.8, 4) is 0 Å². The van der Waals surface area contributed by atoms with E-state index in [1.807, 2.05) is 16.8 Å². The van der Waals surface area contributed by atoms with Gasteiger partial charge in [-0.25, -0.2) is 4.98 Å². The third-order valence-electron chi connectivity index (χ3n) is 3.82. The summed E-state index contributed by atoms with van der Waals surface area (Å²) in [5.41, 5.74) is 1.63. The second-order valence-electron chi connectivity index (χ2n) is 5.88. The molecule has 3 aromatic rings. The minimum absolute atomic E-state index is 0.193. The Labute approximate surface area is 197 Å². The molecule has 29 heavy (non-hydrogen) atoms. The molecule has 1 unspecified atom stereocenters. The van der Waals surface area contributed by atoms with Crippen molar-refractivity contribution in [3.63, 3.8) is 0 Å². The molecule has 0 N–H and O–H groups in total. The Morgan fingerprint density at radius 3 is 2.59 bits per heavy atom. The lowest BCUT2D eigenvalue weighted by molar-refractivity contribution is 0.273. The molecular formula is C19H14Cl4N2O2S2. The SMILES string of the molecule is O=C(SOCc1ccc(Cl)c(Cl)c1)SC(Cn1ccnc1)c1ccc(Cl)cc1Cl. The molecular weight excluding hydrogens is 494 g/mol. The molecule has 0 aliphatic heterocycles. The number of nitrogens with zero attached hydrogens (tertiary/aromatic N) is 2. The Balaban J connectivity index is 1.63. The number of hydrogen-bond acceptors (Lipinski definition) is 5. The van der Waals surface area contributed by atoms with Gasteiger partial charge in [0.1, 0.15) is 0 Å². The van der Waals surface area contributed by atoms with Crippen LogP contribution in [0.1, 0.15) is 16.4 Å².